The molecule has 0 aromatic carbocycles. The summed E-state index contributed by atoms with van der Waals surface area (Å²) in [5.74, 6) is -0.281. The van der Waals surface area contributed by atoms with Gasteiger partial charge in [0.15, 0.2) is 0 Å². The Labute approximate surface area is 155 Å². The lowest BCUT2D eigenvalue weighted by atomic mass is 10.1. The summed E-state index contributed by atoms with van der Waals surface area (Å²) in [7, 11) is 0. The topological polar surface area (TPSA) is 26.3 Å². The van der Waals surface area contributed by atoms with E-state index in [1.165, 1.54) is 63.9 Å². The first-order valence-corrected chi connectivity index (χ1v) is 10.1. The lowest BCUT2D eigenvalue weighted by Crippen LogP contribution is -2.00. The van der Waals surface area contributed by atoms with Crippen LogP contribution in [0.1, 0.15) is 84.5 Å². The van der Waals surface area contributed by atoms with Crippen molar-refractivity contribution in [3.05, 3.63) is 48.6 Å². The molecular weight excluding hydrogens is 308 g/mol. The fourth-order valence-corrected chi connectivity index (χ4v) is 2.39. The highest BCUT2D eigenvalue weighted by Crippen LogP contribution is 2.10. The van der Waals surface area contributed by atoms with Crippen molar-refractivity contribution in [3.63, 3.8) is 0 Å². The molecule has 0 bridgehead atoms. The van der Waals surface area contributed by atoms with Gasteiger partial charge in [0, 0.05) is 6.08 Å². The van der Waals surface area contributed by atoms with Gasteiger partial charge in [-0.25, -0.2) is 4.79 Å². The summed E-state index contributed by atoms with van der Waals surface area (Å²) in [6, 6.07) is 0. The molecule has 25 heavy (non-hydrogen) atoms. The molecule has 0 radical (unpaired) electrons. The van der Waals surface area contributed by atoms with Crippen molar-refractivity contribution in [3.8, 4) is 0 Å². The van der Waals surface area contributed by atoms with Gasteiger partial charge in [-0.3, -0.25) is 0 Å². The van der Waals surface area contributed by atoms with Crippen molar-refractivity contribution >= 4 is 5.97 Å². The van der Waals surface area contributed by atoms with Gasteiger partial charge < -0.3 is 4.74 Å². The summed E-state index contributed by atoms with van der Waals surface area (Å²) in [6.45, 7) is 4.73. The zero-order valence-electron chi connectivity index (χ0n) is 16.4. The smallest absolute Gasteiger partial charge is 0.330 e. The van der Waals surface area contributed by atoms with Gasteiger partial charge in [-0.2, -0.15) is 0 Å². The molecule has 142 valence electrons. The Morgan fingerprint density at radius 2 is 1.24 bits per heavy atom. The van der Waals surface area contributed by atoms with E-state index in [9.17, 15) is 4.79 Å². The summed E-state index contributed by atoms with van der Waals surface area (Å²) in [6.07, 6.45) is 29.6. The molecule has 0 amide bonds. The maximum Gasteiger partial charge on any atom is 0.330 e. The Kier molecular flexibility index (Phi) is 19.2. The van der Waals surface area contributed by atoms with Crippen LogP contribution in [-0.2, 0) is 9.53 Å². The Morgan fingerprint density at radius 3 is 1.88 bits per heavy atom. The second kappa shape index (κ2) is 20.5. The highest BCUT2D eigenvalue weighted by atomic mass is 16.5. The van der Waals surface area contributed by atoms with E-state index in [1.807, 2.05) is 31.2 Å². The molecule has 0 atom stereocenters. The van der Waals surface area contributed by atoms with Gasteiger partial charge in [0.1, 0.15) is 0 Å². The van der Waals surface area contributed by atoms with Gasteiger partial charge in [0.05, 0.1) is 6.61 Å². The monoisotopic (exact) mass is 346 g/mol. The molecule has 2 nitrogen and oxygen atoms in total. The third-order valence-electron chi connectivity index (χ3n) is 3.85. The van der Waals surface area contributed by atoms with E-state index in [-0.39, 0.29) is 5.97 Å². The molecule has 0 aromatic rings. The van der Waals surface area contributed by atoms with Crippen LogP contribution >= 0.6 is 0 Å². The Morgan fingerprint density at radius 1 is 0.680 bits per heavy atom. The van der Waals surface area contributed by atoms with Crippen molar-refractivity contribution in [2.24, 2.45) is 0 Å². The second-order valence-corrected chi connectivity index (χ2v) is 6.34. The van der Waals surface area contributed by atoms with E-state index < -0.39 is 0 Å². The molecule has 0 unspecified atom stereocenters. The zero-order valence-corrected chi connectivity index (χ0v) is 16.4. The van der Waals surface area contributed by atoms with E-state index in [2.05, 4.69) is 19.1 Å². The Balaban J connectivity index is 3.46. The standard InChI is InChI=1S/C23H38O2/c1-3-5-6-7-8-9-10-11-12-13-14-15-16-17-18-19-20-21-23(24)25-22-4-2/h14-21H,3-13,22H2,1-2H3. The molecule has 0 rings (SSSR count). The van der Waals surface area contributed by atoms with Crippen LogP contribution in [0.4, 0.5) is 0 Å². The maximum atomic E-state index is 11.2. The van der Waals surface area contributed by atoms with Crippen LogP contribution in [0.5, 0.6) is 0 Å². The van der Waals surface area contributed by atoms with Gasteiger partial charge in [0.25, 0.3) is 0 Å². The van der Waals surface area contributed by atoms with Gasteiger partial charge in [0.2, 0.25) is 0 Å². The van der Waals surface area contributed by atoms with Crippen LogP contribution in [0.3, 0.4) is 0 Å². The molecule has 0 aliphatic carbocycles. The number of unbranched alkanes of at least 4 members (excludes halogenated alkanes) is 9. The van der Waals surface area contributed by atoms with E-state index in [0.29, 0.717) is 6.61 Å². The molecule has 0 fully saturated rings. The fraction of sp³-hybridized carbons (Fsp3) is 0.609. The predicted octanol–water partition coefficient (Wildman–Crippen LogP) is 7.09. The van der Waals surface area contributed by atoms with Crippen molar-refractivity contribution in [2.75, 3.05) is 6.61 Å². The number of esters is 1. The molecule has 0 aromatic heterocycles. The van der Waals surface area contributed by atoms with Crippen molar-refractivity contribution in [1.29, 1.82) is 0 Å². The number of rotatable bonds is 16. The molecule has 2 heteroatoms. The molecule has 0 aliphatic heterocycles. The first kappa shape index (κ1) is 23.4. The van der Waals surface area contributed by atoms with E-state index in [4.69, 9.17) is 4.74 Å². The van der Waals surface area contributed by atoms with Crippen LogP contribution < -0.4 is 0 Å². The molecule has 0 spiro atoms. The molecule has 0 saturated heterocycles. The summed E-state index contributed by atoms with van der Waals surface area (Å²) in [5, 5.41) is 0. The minimum atomic E-state index is -0.281. The Hall–Kier alpha value is -1.57. The summed E-state index contributed by atoms with van der Waals surface area (Å²) < 4.78 is 4.93. The number of ether oxygens (including phenoxy) is 1. The zero-order chi connectivity index (χ0) is 18.4. The average molecular weight is 347 g/mol. The lowest BCUT2D eigenvalue weighted by Gasteiger charge is -2.00. The first-order valence-electron chi connectivity index (χ1n) is 10.1. The number of allylic oxidation sites excluding steroid dienone is 7. The summed E-state index contributed by atoms with van der Waals surface area (Å²) in [5.41, 5.74) is 0. The highest BCUT2D eigenvalue weighted by Gasteiger charge is 1.92. The molecule has 0 heterocycles. The summed E-state index contributed by atoms with van der Waals surface area (Å²) in [4.78, 5) is 11.2. The van der Waals surface area contributed by atoms with Gasteiger partial charge >= 0.3 is 5.97 Å². The van der Waals surface area contributed by atoms with E-state index >= 15 is 0 Å². The van der Waals surface area contributed by atoms with Crippen LogP contribution in [-0.4, -0.2) is 12.6 Å². The SMILES string of the molecule is CCCCCCCCCCCC=CC=CC=CC=CC(=O)OCCC. The minimum Gasteiger partial charge on any atom is -0.463 e. The van der Waals surface area contributed by atoms with E-state index in [1.54, 1.807) is 6.08 Å². The molecule has 0 N–H and O–H groups in total. The van der Waals surface area contributed by atoms with Crippen molar-refractivity contribution in [1.82, 2.24) is 0 Å². The number of carbonyl (C=O) groups excluding carboxylic acids is 1. The third kappa shape index (κ3) is 20.4. The fourth-order valence-electron chi connectivity index (χ4n) is 2.39. The molecule has 0 aliphatic rings. The maximum absolute atomic E-state index is 11.2. The first-order chi connectivity index (χ1) is 12.3. The van der Waals surface area contributed by atoms with E-state index in [0.717, 1.165) is 12.8 Å². The van der Waals surface area contributed by atoms with Gasteiger partial charge in [-0.1, -0.05) is 108 Å². The van der Waals surface area contributed by atoms with Gasteiger partial charge in [-0.15, -0.1) is 0 Å². The largest absolute Gasteiger partial charge is 0.463 e. The predicted molar refractivity (Wildman–Crippen MR) is 110 cm³/mol. The summed E-state index contributed by atoms with van der Waals surface area (Å²) >= 11 is 0. The van der Waals surface area contributed by atoms with Crippen molar-refractivity contribution in [2.45, 2.75) is 84.5 Å². The normalized spacial score (nSPS) is 12.2. The third-order valence-corrected chi connectivity index (χ3v) is 3.85. The highest BCUT2D eigenvalue weighted by molar-refractivity contribution is 5.82. The minimum absolute atomic E-state index is 0.281. The van der Waals surface area contributed by atoms with Gasteiger partial charge in [-0.05, 0) is 19.3 Å². The quantitative estimate of drug-likeness (QED) is 0.129. The number of carbonyl (C=O) groups is 1. The number of hydrogen-bond acceptors (Lipinski definition) is 2. The number of hydrogen-bond donors (Lipinski definition) is 0. The van der Waals surface area contributed by atoms with Crippen molar-refractivity contribution < 1.29 is 9.53 Å². The van der Waals surface area contributed by atoms with Crippen LogP contribution in [0.2, 0.25) is 0 Å². The molecular formula is C23H38O2. The lowest BCUT2D eigenvalue weighted by molar-refractivity contribution is -0.137. The van der Waals surface area contributed by atoms with Crippen LogP contribution in [0, 0.1) is 0 Å². The van der Waals surface area contributed by atoms with Crippen LogP contribution in [0.25, 0.3) is 0 Å². The average Bonchev–Trinajstić information content (AvgIpc) is 2.62. The van der Waals surface area contributed by atoms with Crippen LogP contribution in [0.15, 0.2) is 48.6 Å². The second-order valence-electron chi connectivity index (χ2n) is 6.34. The Bertz CT molecular complexity index is 402. The molecule has 0 saturated carbocycles.